The van der Waals surface area contributed by atoms with Crippen molar-refractivity contribution in [2.45, 2.75) is 6.92 Å². The number of aromatic hydroxyl groups is 1. The molecule has 0 radical (unpaired) electrons. The first-order valence-electron chi connectivity index (χ1n) is 6.06. The van der Waals surface area contributed by atoms with Crippen molar-refractivity contribution in [2.75, 3.05) is 6.61 Å². The molecular formula is C15H14O4S. The van der Waals surface area contributed by atoms with Crippen LogP contribution in [0.4, 0.5) is 0 Å². The molecule has 0 amide bonds. The fourth-order valence-corrected chi connectivity index (χ4v) is 2.46. The Kier molecular flexibility index (Phi) is 4.42. The number of carboxylic acids is 1. The van der Waals surface area contributed by atoms with Gasteiger partial charge in [-0.15, -0.1) is 11.3 Å². The number of rotatable bonds is 5. The first-order valence-corrected chi connectivity index (χ1v) is 6.94. The molecule has 0 aliphatic carbocycles. The largest absolute Gasteiger partial charge is 0.504 e. The molecule has 0 unspecified atom stereocenters. The van der Waals surface area contributed by atoms with Crippen molar-refractivity contribution in [2.24, 2.45) is 0 Å². The molecule has 0 aliphatic heterocycles. The van der Waals surface area contributed by atoms with Crippen LogP contribution in [0.5, 0.6) is 11.5 Å². The summed E-state index contributed by atoms with van der Waals surface area (Å²) in [5, 5.41) is 20.8. The Bertz CT molecular complexity index is 629. The van der Waals surface area contributed by atoms with E-state index in [4.69, 9.17) is 4.74 Å². The van der Waals surface area contributed by atoms with Gasteiger partial charge >= 0.3 is 5.97 Å². The summed E-state index contributed by atoms with van der Waals surface area (Å²) in [6, 6.07) is 8.32. The zero-order chi connectivity index (χ0) is 14.5. The zero-order valence-corrected chi connectivity index (χ0v) is 11.7. The second-order valence-electron chi connectivity index (χ2n) is 4.00. The first kappa shape index (κ1) is 14.1. The smallest absolute Gasteiger partial charge is 0.337 e. The van der Waals surface area contributed by atoms with Gasteiger partial charge in [0, 0.05) is 4.88 Å². The van der Waals surface area contributed by atoms with E-state index in [9.17, 15) is 15.0 Å². The molecule has 1 aromatic carbocycles. The number of aliphatic carboxylic acids is 1. The van der Waals surface area contributed by atoms with Gasteiger partial charge in [0.15, 0.2) is 11.5 Å². The summed E-state index contributed by atoms with van der Waals surface area (Å²) in [6.45, 7) is 2.24. The van der Waals surface area contributed by atoms with Gasteiger partial charge in [0.2, 0.25) is 0 Å². The predicted molar refractivity (Wildman–Crippen MR) is 79.1 cm³/mol. The lowest BCUT2D eigenvalue weighted by Gasteiger charge is -2.07. The van der Waals surface area contributed by atoms with Crippen LogP contribution in [0.2, 0.25) is 0 Å². The van der Waals surface area contributed by atoms with Gasteiger partial charge in [-0.25, -0.2) is 4.79 Å². The molecule has 2 rings (SSSR count). The van der Waals surface area contributed by atoms with Crippen molar-refractivity contribution in [1.82, 2.24) is 0 Å². The molecule has 2 N–H and O–H groups in total. The van der Waals surface area contributed by atoms with Crippen LogP contribution in [0.3, 0.4) is 0 Å². The molecule has 2 aromatic rings. The zero-order valence-electron chi connectivity index (χ0n) is 10.9. The van der Waals surface area contributed by atoms with Crippen LogP contribution in [0, 0.1) is 0 Å². The van der Waals surface area contributed by atoms with Crippen LogP contribution in [-0.4, -0.2) is 22.8 Å². The Morgan fingerprint density at radius 3 is 2.80 bits per heavy atom. The van der Waals surface area contributed by atoms with E-state index in [0.717, 1.165) is 0 Å². The van der Waals surface area contributed by atoms with E-state index < -0.39 is 5.97 Å². The summed E-state index contributed by atoms with van der Waals surface area (Å²) in [4.78, 5) is 12.0. The third-order valence-electron chi connectivity index (χ3n) is 2.61. The van der Waals surface area contributed by atoms with E-state index in [1.165, 1.54) is 17.4 Å². The average Bonchev–Trinajstić information content (AvgIpc) is 2.93. The molecule has 0 saturated carbocycles. The van der Waals surface area contributed by atoms with Crippen molar-refractivity contribution < 1.29 is 19.7 Å². The van der Waals surface area contributed by atoms with Crippen molar-refractivity contribution in [3.8, 4) is 11.5 Å². The molecule has 1 heterocycles. The van der Waals surface area contributed by atoms with Crippen LogP contribution >= 0.6 is 11.3 Å². The first-order chi connectivity index (χ1) is 9.61. The second-order valence-corrected chi connectivity index (χ2v) is 4.95. The number of benzene rings is 1. The standard InChI is InChI=1S/C15H14O4S/c1-2-19-13-9-10(5-6-12(13)16)8-11(15(17)18)14-4-3-7-20-14/h3-9,16H,2H2,1H3,(H,17,18)/b11-8-. The summed E-state index contributed by atoms with van der Waals surface area (Å²) in [5.41, 5.74) is 0.880. The van der Waals surface area contributed by atoms with Crippen molar-refractivity contribution in [3.63, 3.8) is 0 Å². The molecule has 0 spiro atoms. The second kappa shape index (κ2) is 6.25. The van der Waals surface area contributed by atoms with Gasteiger partial charge in [0.1, 0.15) is 0 Å². The predicted octanol–water partition coefficient (Wildman–Crippen LogP) is 3.48. The number of phenols is 1. The molecule has 104 valence electrons. The molecule has 1 aromatic heterocycles. The van der Waals surface area contributed by atoms with E-state index >= 15 is 0 Å². The highest BCUT2D eigenvalue weighted by molar-refractivity contribution is 7.11. The highest BCUT2D eigenvalue weighted by atomic mass is 32.1. The van der Waals surface area contributed by atoms with Gasteiger partial charge in [-0.2, -0.15) is 0 Å². The topological polar surface area (TPSA) is 66.8 Å². The van der Waals surface area contributed by atoms with Crippen LogP contribution < -0.4 is 4.74 Å². The van der Waals surface area contributed by atoms with E-state index in [1.807, 2.05) is 12.3 Å². The number of phenolic OH excluding ortho intramolecular Hbond substituents is 1. The molecule has 0 saturated heterocycles. The van der Waals surface area contributed by atoms with E-state index in [1.54, 1.807) is 30.3 Å². The quantitative estimate of drug-likeness (QED) is 0.827. The van der Waals surface area contributed by atoms with E-state index in [-0.39, 0.29) is 11.3 Å². The van der Waals surface area contributed by atoms with Crippen LogP contribution in [0.25, 0.3) is 11.6 Å². The Hall–Kier alpha value is -2.27. The molecule has 0 fully saturated rings. The number of carbonyl (C=O) groups is 1. The Morgan fingerprint density at radius 2 is 2.20 bits per heavy atom. The lowest BCUT2D eigenvalue weighted by molar-refractivity contribution is -0.130. The van der Waals surface area contributed by atoms with Crippen LogP contribution in [0.1, 0.15) is 17.4 Å². The minimum absolute atomic E-state index is 0.0389. The highest BCUT2D eigenvalue weighted by Gasteiger charge is 2.12. The van der Waals surface area contributed by atoms with Gasteiger partial charge in [-0.05, 0) is 42.1 Å². The SMILES string of the molecule is CCOc1cc(/C=C(\C(=O)O)c2cccs2)ccc1O. The lowest BCUT2D eigenvalue weighted by Crippen LogP contribution is -1.98. The van der Waals surface area contributed by atoms with Gasteiger partial charge < -0.3 is 14.9 Å². The molecule has 0 bridgehead atoms. The maximum Gasteiger partial charge on any atom is 0.337 e. The van der Waals surface area contributed by atoms with Crippen molar-refractivity contribution in [3.05, 3.63) is 46.2 Å². The number of hydrogen-bond donors (Lipinski definition) is 2. The summed E-state index contributed by atoms with van der Waals surface area (Å²) >= 11 is 1.37. The summed E-state index contributed by atoms with van der Waals surface area (Å²) in [5.74, 6) is -0.604. The number of thiophene rings is 1. The number of carboxylic acid groups (broad SMARTS) is 1. The Balaban J connectivity index is 2.41. The minimum atomic E-state index is -0.988. The van der Waals surface area contributed by atoms with Gasteiger partial charge in [0.25, 0.3) is 0 Å². The Morgan fingerprint density at radius 1 is 1.40 bits per heavy atom. The summed E-state index contributed by atoms with van der Waals surface area (Å²) in [7, 11) is 0. The summed E-state index contributed by atoms with van der Waals surface area (Å²) in [6.07, 6.45) is 1.57. The molecule has 5 heteroatoms. The van der Waals surface area contributed by atoms with Crippen LogP contribution in [-0.2, 0) is 4.79 Å². The Labute approximate surface area is 120 Å². The number of ether oxygens (including phenoxy) is 1. The fraction of sp³-hybridized carbons (Fsp3) is 0.133. The minimum Gasteiger partial charge on any atom is -0.504 e. The molecule has 4 nitrogen and oxygen atoms in total. The normalized spacial score (nSPS) is 11.3. The third kappa shape index (κ3) is 3.19. The van der Waals surface area contributed by atoms with Crippen LogP contribution in [0.15, 0.2) is 35.7 Å². The third-order valence-corrected chi connectivity index (χ3v) is 3.51. The fourth-order valence-electron chi connectivity index (χ4n) is 1.73. The van der Waals surface area contributed by atoms with Crippen molar-refractivity contribution in [1.29, 1.82) is 0 Å². The maximum absolute atomic E-state index is 11.3. The van der Waals surface area contributed by atoms with E-state index in [2.05, 4.69) is 0 Å². The molecular weight excluding hydrogens is 276 g/mol. The lowest BCUT2D eigenvalue weighted by atomic mass is 10.1. The maximum atomic E-state index is 11.3. The van der Waals surface area contributed by atoms with Gasteiger partial charge in [-0.3, -0.25) is 0 Å². The monoisotopic (exact) mass is 290 g/mol. The van der Waals surface area contributed by atoms with Gasteiger partial charge in [0.05, 0.1) is 12.2 Å². The highest BCUT2D eigenvalue weighted by Crippen LogP contribution is 2.29. The molecule has 0 atom stereocenters. The number of hydrogen-bond acceptors (Lipinski definition) is 4. The van der Waals surface area contributed by atoms with E-state index in [0.29, 0.717) is 22.8 Å². The van der Waals surface area contributed by atoms with Gasteiger partial charge in [-0.1, -0.05) is 12.1 Å². The average molecular weight is 290 g/mol. The molecule has 0 aliphatic rings. The molecule has 20 heavy (non-hydrogen) atoms. The summed E-state index contributed by atoms with van der Waals surface area (Å²) < 4.78 is 5.29. The van der Waals surface area contributed by atoms with Crippen molar-refractivity contribution >= 4 is 29.0 Å².